The van der Waals surface area contributed by atoms with Crippen LogP contribution in [-0.2, 0) is 4.74 Å². The summed E-state index contributed by atoms with van der Waals surface area (Å²) in [5.41, 5.74) is 7.52. The lowest BCUT2D eigenvalue weighted by molar-refractivity contribution is 0.0476. The van der Waals surface area contributed by atoms with Crippen molar-refractivity contribution >= 4 is 22.7 Å². The number of hydrogen-bond donors (Lipinski definition) is 0. The first kappa shape index (κ1) is 23.2. The molecule has 1 heterocycles. The van der Waals surface area contributed by atoms with Gasteiger partial charge in [0.05, 0.1) is 16.8 Å². The van der Waals surface area contributed by atoms with E-state index < -0.39 is 5.97 Å². The zero-order chi connectivity index (χ0) is 25.1. The third-order valence-corrected chi connectivity index (χ3v) is 6.25. The van der Waals surface area contributed by atoms with Crippen LogP contribution in [0, 0.1) is 13.8 Å². The topological polar surface area (TPSA) is 56.3 Å². The third kappa shape index (κ3) is 4.80. The average Bonchev–Trinajstić information content (AvgIpc) is 2.92. The molecule has 0 spiro atoms. The van der Waals surface area contributed by atoms with E-state index in [4.69, 9.17) is 9.72 Å². The Morgan fingerprint density at radius 1 is 0.750 bits per heavy atom. The van der Waals surface area contributed by atoms with Crippen LogP contribution in [0.1, 0.15) is 31.8 Å². The molecule has 1 aromatic heterocycles. The Bertz CT molecular complexity index is 1570. The molecule has 0 fully saturated rings. The number of carbonyl (C=O) groups is 2. The average molecular weight is 472 g/mol. The minimum atomic E-state index is -0.547. The van der Waals surface area contributed by atoms with E-state index in [9.17, 15) is 9.59 Å². The van der Waals surface area contributed by atoms with Crippen molar-refractivity contribution in [2.24, 2.45) is 0 Å². The fourth-order valence-electron chi connectivity index (χ4n) is 4.27. The minimum absolute atomic E-state index is 0.254. The Labute approximate surface area is 210 Å². The van der Waals surface area contributed by atoms with Gasteiger partial charge in [0, 0.05) is 16.5 Å². The van der Waals surface area contributed by atoms with Crippen molar-refractivity contribution in [3.8, 4) is 22.4 Å². The highest BCUT2D eigenvalue weighted by Crippen LogP contribution is 2.28. The van der Waals surface area contributed by atoms with Crippen LogP contribution in [0.3, 0.4) is 0 Å². The van der Waals surface area contributed by atoms with E-state index in [1.165, 1.54) is 0 Å². The molecule has 36 heavy (non-hydrogen) atoms. The molecule has 5 rings (SSSR count). The van der Waals surface area contributed by atoms with Gasteiger partial charge in [0.2, 0.25) is 0 Å². The zero-order valence-electron chi connectivity index (χ0n) is 20.2. The lowest BCUT2D eigenvalue weighted by Gasteiger charge is -2.12. The second-order valence-corrected chi connectivity index (χ2v) is 8.83. The Hall–Kier alpha value is -4.57. The third-order valence-electron chi connectivity index (χ3n) is 6.25. The summed E-state index contributed by atoms with van der Waals surface area (Å²) in [6.07, 6.45) is 0. The number of nitrogens with zero attached hydrogens (tertiary/aromatic N) is 1. The number of fused-ring (bicyclic) bond motifs is 1. The van der Waals surface area contributed by atoms with Gasteiger partial charge in [-0.1, -0.05) is 90.5 Å². The molecule has 0 atom stereocenters. The van der Waals surface area contributed by atoms with Gasteiger partial charge >= 0.3 is 5.97 Å². The molecule has 0 radical (unpaired) electrons. The van der Waals surface area contributed by atoms with Crippen molar-refractivity contribution in [3.63, 3.8) is 0 Å². The molecular formula is C32H25NO3. The van der Waals surface area contributed by atoms with Crippen molar-refractivity contribution < 1.29 is 14.3 Å². The van der Waals surface area contributed by atoms with Gasteiger partial charge < -0.3 is 4.74 Å². The molecule has 4 nitrogen and oxygen atoms in total. The molecule has 0 saturated heterocycles. The van der Waals surface area contributed by atoms with Crippen molar-refractivity contribution in [1.82, 2.24) is 4.98 Å². The molecule has 0 saturated carbocycles. The first-order chi connectivity index (χ1) is 17.5. The summed E-state index contributed by atoms with van der Waals surface area (Å²) in [6.45, 7) is 3.71. The Kier molecular flexibility index (Phi) is 6.42. The van der Waals surface area contributed by atoms with Crippen LogP contribution in [0.25, 0.3) is 33.3 Å². The number of ether oxygens (including phenoxy) is 1. The van der Waals surface area contributed by atoms with Crippen LogP contribution in [-0.4, -0.2) is 23.3 Å². The number of aromatic nitrogens is 1. The Morgan fingerprint density at radius 3 is 2.22 bits per heavy atom. The van der Waals surface area contributed by atoms with Crippen molar-refractivity contribution in [1.29, 1.82) is 0 Å². The second kappa shape index (κ2) is 9.96. The molecule has 0 amide bonds. The van der Waals surface area contributed by atoms with Crippen molar-refractivity contribution in [3.05, 3.63) is 125 Å². The largest absolute Gasteiger partial charge is 0.454 e. The zero-order valence-corrected chi connectivity index (χ0v) is 20.2. The summed E-state index contributed by atoms with van der Waals surface area (Å²) < 4.78 is 5.50. The number of ketones is 1. The SMILES string of the molecule is Cc1ccc(C)c(-c2cc(C(=O)OCC(=O)c3ccc(-c4ccccc4)cc3)c3ccccc3n2)c1. The number of para-hydroxylation sites is 1. The van der Waals surface area contributed by atoms with E-state index in [0.717, 1.165) is 27.8 Å². The standard InChI is InChI=1S/C32H25NO3/c1-21-12-13-22(2)27(18-21)30-19-28(26-10-6-7-11-29(26)33-30)32(35)36-20-31(34)25-16-14-24(15-17-25)23-8-4-3-5-9-23/h3-19H,20H2,1-2H3. The molecule has 0 N–H and O–H groups in total. The van der Waals surface area contributed by atoms with Gasteiger partial charge in [-0.25, -0.2) is 9.78 Å². The van der Waals surface area contributed by atoms with E-state index in [-0.39, 0.29) is 12.4 Å². The number of hydrogen-bond acceptors (Lipinski definition) is 4. The number of rotatable bonds is 6. The van der Waals surface area contributed by atoms with Crippen LogP contribution in [0.5, 0.6) is 0 Å². The summed E-state index contributed by atoms with van der Waals surface area (Å²) in [5.74, 6) is -0.800. The van der Waals surface area contributed by atoms with Crippen LogP contribution >= 0.6 is 0 Å². The molecule has 0 aliphatic heterocycles. The summed E-state index contributed by atoms with van der Waals surface area (Å²) in [5, 5.41) is 0.691. The predicted molar refractivity (Wildman–Crippen MR) is 143 cm³/mol. The maximum absolute atomic E-state index is 13.2. The van der Waals surface area contributed by atoms with Crippen molar-refractivity contribution in [2.45, 2.75) is 13.8 Å². The van der Waals surface area contributed by atoms with Crippen LogP contribution < -0.4 is 0 Å². The molecule has 4 aromatic carbocycles. The molecule has 0 aliphatic rings. The first-order valence-corrected chi connectivity index (χ1v) is 11.8. The van der Waals surface area contributed by atoms with E-state index in [0.29, 0.717) is 27.7 Å². The highest BCUT2D eigenvalue weighted by atomic mass is 16.5. The van der Waals surface area contributed by atoms with E-state index in [2.05, 4.69) is 6.07 Å². The maximum atomic E-state index is 13.2. The van der Waals surface area contributed by atoms with Crippen LogP contribution in [0.2, 0.25) is 0 Å². The van der Waals surface area contributed by atoms with E-state index in [1.54, 1.807) is 18.2 Å². The number of aryl methyl sites for hydroxylation is 2. The fourth-order valence-corrected chi connectivity index (χ4v) is 4.27. The Morgan fingerprint density at radius 2 is 1.44 bits per heavy atom. The smallest absolute Gasteiger partial charge is 0.339 e. The summed E-state index contributed by atoms with van der Waals surface area (Å²) in [4.78, 5) is 30.7. The van der Waals surface area contributed by atoms with Gasteiger partial charge in [0.25, 0.3) is 0 Å². The predicted octanol–water partition coefficient (Wildman–Crippen LogP) is 7.23. The number of Topliss-reactive ketones (excluding diaryl/α,β-unsaturated/α-hetero) is 1. The van der Waals surface area contributed by atoms with Gasteiger partial charge in [-0.3, -0.25) is 4.79 Å². The van der Waals surface area contributed by atoms with Gasteiger partial charge in [-0.05, 0) is 48.7 Å². The molecule has 0 bridgehead atoms. The van der Waals surface area contributed by atoms with Crippen LogP contribution in [0.4, 0.5) is 0 Å². The number of esters is 1. The Balaban J connectivity index is 1.38. The lowest BCUT2D eigenvalue weighted by atomic mass is 9.99. The number of benzene rings is 4. The number of pyridine rings is 1. The quantitative estimate of drug-likeness (QED) is 0.194. The highest BCUT2D eigenvalue weighted by Gasteiger charge is 2.18. The highest BCUT2D eigenvalue weighted by molar-refractivity contribution is 6.06. The van der Waals surface area contributed by atoms with Crippen molar-refractivity contribution in [2.75, 3.05) is 6.61 Å². The molecule has 176 valence electrons. The number of carbonyl (C=O) groups excluding carboxylic acids is 2. The van der Waals surface area contributed by atoms with Gasteiger partial charge in [0.15, 0.2) is 12.4 Å². The van der Waals surface area contributed by atoms with E-state index in [1.807, 2.05) is 92.7 Å². The second-order valence-electron chi connectivity index (χ2n) is 8.83. The maximum Gasteiger partial charge on any atom is 0.339 e. The summed E-state index contributed by atoms with van der Waals surface area (Å²) in [6, 6.07) is 32.6. The van der Waals surface area contributed by atoms with E-state index >= 15 is 0 Å². The molecular weight excluding hydrogens is 446 g/mol. The van der Waals surface area contributed by atoms with Gasteiger partial charge in [0.1, 0.15) is 0 Å². The normalized spacial score (nSPS) is 10.8. The van der Waals surface area contributed by atoms with Gasteiger partial charge in [-0.15, -0.1) is 0 Å². The monoisotopic (exact) mass is 471 g/mol. The molecule has 0 unspecified atom stereocenters. The fraction of sp³-hybridized carbons (Fsp3) is 0.0938. The summed E-state index contributed by atoms with van der Waals surface area (Å²) in [7, 11) is 0. The lowest BCUT2D eigenvalue weighted by Crippen LogP contribution is -2.15. The van der Waals surface area contributed by atoms with Gasteiger partial charge in [-0.2, -0.15) is 0 Å². The van der Waals surface area contributed by atoms with Crippen LogP contribution in [0.15, 0.2) is 103 Å². The summed E-state index contributed by atoms with van der Waals surface area (Å²) >= 11 is 0. The molecule has 5 aromatic rings. The first-order valence-electron chi connectivity index (χ1n) is 11.8. The molecule has 4 heteroatoms. The minimum Gasteiger partial charge on any atom is -0.454 e. The molecule has 0 aliphatic carbocycles.